The van der Waals surface area contributed by atoms with Gasteiger partial charge in [0.25, 0.3) is 5.91 Å². The van der Waals surface area contributed by atoms with Gasteiger partial charge in [-0.3, -0.25) is 4.79 Å². The molecule has 0 bridgehead atoms. The fourth-order valence-electron chi connectivity index (χ4n) is 3.32. The van der Waals surface area contributed by atoms with Crippen molar-refractivity contribution in [2.75, 3.05) is 34.8 Å². The second kappa shape index (κ2) is 7.30. The van der Waals surface area contributed by atoms with Gasteiger partial charge in [-0.25, -0.2) is 9.37 Å². The van der Waals surface area contributed by atoms with Gasteiger partial charge in [0, 0.05) is 18.4 Å². The minimum atomic E-state index is -0.805. The van der Waals surface area contributed by atoms with Crippen molar-refractivity contribution in [2.24, 2.45) is 0 Å². The summed E-state index contributed by atoms with van der Waals surface area (Å²) in [6.07, 6.45) is 2.85. The van der Waals surface area contributed by atoms with E-state index in [1.807, 2.05) is 17.0 Å². The average Bonchev–Trinajstić information content (AvgIpc) is 3.25. The average molecular weight is 381 g/mol. The summed E-state index contributed by atoms with van der Waals surface area (Å²) < 4.78 is 13.3. The van der Waals surface area contributed by atoms with E-state index in [-0.39, 0.29) is 29.5 Å². The molecule has 4 rings (SSSR count). The van der Waals surface area contributed by atoms with E-state index in [2.05, 4.69) is 10.3 Å². The Balaban J connectivity index is 1.44. The van der Waals surface area contributed by atoms with Gasteiger partial charge in [-0.15, -0.1) is 0 Å². The lowest BCUT2D eigenvalue weighted by molar-refractivity contribution is -0.114. The number of aromatic nitrogens is 1. The fourth-order valence-corrected chi connectivity index (χ4v) is 3.32. The molecule has 3 N–H and O–H groups in total. The van der Waals surface area contributed by atoms with Gasteiger partial charge in [0.05, 0.1) is 36.3 Å². The van der Waals surface area contributed by atoms with Gasteiger partial charge >= 0.3 is 0 Å². The summed E-state index contributed by atoms with van der Waals surface area (Å²) in [6.45, 7) is 1.19. The molecule has 0 saturated carbocycles. The van der Waals surface area contributed by atoms with Crippen molar-refractivity contribution in [1.29, 1.82) is 5.41 Å². The number of nitrogens with zero attached hydrogens (tertiary/aromatic N) is 3. The van der Waals surface area contributed by atoms with E-state index in [9.17, 15) is 14.3 Å². The topological polar surface area (TPSA) is 92.6 Å². The number of phenolic OH excluding ortho intramolecular Hbond substituents is 1. The Hall–Kier alpha value is -3.42. The molecule has 2 aliphatic rings. The van der Waals surface area contributed by atoms with E-state index in [1.54, 1.807) is 18.3 Å². The number of benzene rings is 1. The molecule has 8 heteroatoms. The molecule has 2 aromatic rings. The van der Waals surface area contributed by atoms with Gasteiger partial charge in [0.15, 0.2) is 0 Å². The molecule has 0 unspecified atom stereocenters. The maximum atomic E-state index is 13.3. The van der Waals surface area contributed by atoms with E-state index in [0.717, 1.165) is 5.82 Å². The van der Waals surface area contributed by atoms with Crippen LogP contribution in [0.5, 0.6) is 5.75 Å². The first kappa shape index (κ1) is 18.0. The molecule has 1 atom stereocenters. The van der Waals surface area contributed by atoms with Gasteiger partial charge in [0.2, 0.25) is 0 Å². The van der Waals surface area contributed by atoms with E-state index in [0.29, 0.717) is 30.9 Å². The molecular formula is C20H20FN5O2. The number of hydrogen-bond acceptors (Lipinski definition) is 6. The van der Waals surface area contributed by atoms with Crippen LogP contribution in [0.1, 0.15) is 6.42 Å². The number of aromatic hydroxyl groups is 1. The molecule has 1 amide bonds. The summed E-state index contributed by atoms with van der Waals surface area (Å²) in [5.74, 6) is 0.565. The quantitative estimate of drug-likeness (QED) is 0.708. The van der Waals surface area contributed by atoms with Crippen LogP contribution in [-0.2, 0) is 4.79 Å². The standard InChI is InChI=1S/C20H20FN5O2/c21-13-7-8-25(11-13)19-6-1-14(9-24-19)23-10-17-18(22)12-26(20(17)28)15-2-4-16(27)5-3-15/h1-6,9-10,13,22-23,27H,7-8,11-12H2/b17-10+,22-18?/t13-/m0/s1. The molecule has 0 radical (unpaired) electrons. The molecule has 0 aliphatic carbocycles. The number of halogens is 1. The Bertz CT molecular complexity index is 927. The van der Waals surface area contributed by atoms with Crippen molar-refractivity contribution >= 4 is 28.8 Å². The van der Waals surface area contributed by atoms with Gasteiger partial charge < -0.3 is 25.6 Å². The van der Waals surface area contributed by atoms with Crippen LogP contribution in [0.25, 0.3) is 0 Å². The highest BCUT2D eigenvalue weighted by Crippen LogP contribution is 2.25. The number of carbonyl (C=O) groups is 1. The van der Waals surface area contributed by atoms with Gasteiger partial charge in [-0.1, -0.05) is 0 Å². The minimum Gasteiger partial charge on any atom is -0.508 e. The molecule has 7 nitrogen and oxygen atoms in total. The van der Waals surface area contributed by atoms with E-state index in [1.165, 1.54) is 23.2 Å². The van der Waals surface area contributed by atoms with Gasteiger partial charge in [0.1, 0.15) is 17.7 Å². The van der Waals surface area contributed by atoms with E-state index < -0.39 is 6.17 Å². The lowest BCUT2D eigenvalue weighted by Gasteiger charge is -2.16. The Morgan fingerprint density at radius 1 is 1.25 bits per heavy atom. The van der Waals surface area contributed by atoms with Crippen molar-refractivity contribution < 1.29 is 14.3 Å². The number of hydrogen-bond donors (Lipinski definition) is 3. The van der Waals surface area contributed by atoms with Crippen molar-refractivity contribution in [3.05, 3.63) is 54.4 Å². The maximum Gasteiger partial charge on any atom is 0.262 e. The first-order chi connectivity index (χ1) is 13.5. The monoisotopic (exact) mass is 381 g/mol. The van der Waals surface area contributed by atoms with E-state index in [4.69, 9.17) is 5.41 Å². The summed E-state index contributed by atoms with van der Waals surface area (Å²) in [5.41, 5.74) is 1.79. The van der Waals surface area contributed by atoms with Crippen LogP contribution in [-0.4, -0.2) is 47.5 Å². The van der Waals surface area contributed by atoms with Crippen molar-refractivity contribution in [3.63, 3.8) is 0 Å². The summed E-state index contributed by atoms with van der Waals surface area (Å²) in [4.78, 5) is 20.4. The highest BCUT2D eigenvalue weighted by Gasteiger charge is 2.32. The molecular weight excluding hydrogens is 361 g/mol. The van der Waals surface area contributed by atoms with Crippen LogP contribution in [0.15, 0.2) is 54.4 Å². The fraction of sp³-hybridized carbons (Fsp3) is 0.250. The molecule has 2 fully saturated rings. The first-order valence-corrected chi connectivity index (χ1v) is 9.02. The second-order valence-corrected chi connectivity index (χ2v) is 6.83. The summed E-state index contributed by atoms with van der Waals surface area (Å²) >= 11 is 0. The Kier molecular flexibility index (Phi) is 4.68. The number of alkyl halides is 1. The third-order valence-electron chi connectivity index (χ3n) is 4.86. The molecule has 144 valence electrons. The highest BCUT2D eigenvalue weighted by molar-refractivity contribution is 6.32. The number of anilines is 3. The SMILES string of the molecule is N=C1CN(c2ccc(O)cc2)C(=O)/C1=C/Nc1ccc(N2CC[C@H](F)C2)nc1. The second-order valence-electron chi connectivity index (χ2n) is 6.83. The van der Waals surface area contributed by atoms with Crippen LogP contribution >= 0.6 is 0 Å². The minimum absolute atomic E-state index is 0.120. The van der Waals surface area contributed by atoms with Crippen molar-refractivity contribution in [3.8, 4) is 5.75 Å². The third kappa shape index (κ3) is 3.53. The first-order valence-electron chi connectivity index (χ1n) is 9.02. The summed E-state index contributed by atoms with van der Waals surface area (Å²) in [7, 11) is 0. The van der Waals surface area contributed by atoms with Crippen molar-refractivity contribution in [1.82, 2.24) is 4.98 Å². The number of carbonyl (C=O) groups excluding carboxylic acids is 1. The van der Waals surface area contributed by atoms with Crippen LogP contribution in [0, 0.1) is 5.41 Å². The van der Waals surface area contributed by atoms with Gasteiger partial charge in [-0.05, 0) is 42.8 Å². The molecule has 28 heavy (non-hydrogen) atoms. The smallest absolute Gasteiger partial charge is 0.262 e. The molecule has 1 aromatic carbocycles. The lowest BCUT2D eigenvalue weighted by Crippen LogP contribution is -2.24. The Labute approximate surface area is 161 Å². The third-order valence-corrected chi connectivity index (χ3v) is 4.86. The van der Waals surface area contributed by atoms with E-state index >= 15 is 0 Å². The summed E-state index contributed by atoms with van der Waals surface area (Å²) in [5, 5.41) is 20.5. The summed E-state index contributed by atoms with van der Waals surface area (Å²) in [6, 6.07) is 9.91. The van der Waals surface area contributed by atoms with Gasteiger partial charge in [-0.2, -0.15) is 0 Å². The Morgan fingerprint density at radius 3 is 2.68 bits per heavy atom. The number of amides is 1. The van der Waals surface area contributed by atoms with Crippen LogP contribution in [0.3, 0.4) is 0 Å². The number of pyridine rings is 1. The molecule has 2 aliphatic heterocycles. The zero-order valence-corrected chi connectivity index (χ0v) is 15.1. The Morgan fingerprint density at radius 2 is 2.04 bits per heavy atom. The normalized spacial score (nSPS) is 21.0. The largest absolute Gasteiger partial charge is 0.508 e. The predicted molar refractivity (Wildman–Crippen MR) is 106 cm³/mol. The van der Waals surface area contributed by atoms with Crippen LogP contribution < -0.4 is 15.1 Å². The lowest BCUT2D eigenvalue weighted by atomic mass is 10.2. The predicted octanol–water partition coefficient (Wildman–Crippen LogP) is 2.70. The number of rotatable bonds is 4. The molecule has 2 saturated heterocycles. The zero-order chi connectivity index (χ0) is 19.7. The molecule has 3 heterocycles. The van der Waals surface area contributed by atoms with Crippen molar-refractivity contribution in [2.45, 2.75) is 12.6 Å². The zero-order valence-electron chi connectivity index (χ0n) is 15.1. The number of phenols is 1. The van der Waals surface area contributed by atoms with Crippen LogP contribution in [0.4, 0.5) is 21.6 Å². The molecule has 0 spiro atoms. The highest BCUT2D eigenvalue weighted by atomic mass is 19.1. The molecule has 1 aromatic heterocycles. The van der Waals surface area contributed by atoms with Crippen LogP contribution in [0.2, 0.25) is 0 Å². The maximum absolute atomic E-state index is 13.3. The number of nitrogens with one attached hydrogen (secondary N) is 2.